The maximum atomic E-state index is 8.12. The molecular weight excluding hydrogens is 430 g/mol. The van der Waals surface area contributed by atoms with Gasteiger partial charge in [0, 0.05) is 29.8 Å². The predicted octanol–water partition coefficient (Wildman–Crippen LogP) is 4.49. The minimum Gasteiger partial charge on any atom is -0.491 e. The number of anilines is 2. The molecule has 0 saturated carbocycles. The molecule has 4 N–H and O–H groups in total. The third-order valence-corrected chi connectivity index (χ3v) is 5.05. The Hall–Kier alpha value is -3.42. The Labute approximate surface area is 191 Å². The first-order valence-electron chi connectivity index (χ1n) is 10.3. The lowest BCUT2D eigenvalue weighted by atomic mass is 10.1. The van der Waals surface area contributed by atoms with Gasteiger partial charge in [0.05, 0.1) is 37.7 Å². The van der Waals surface area contributed by atoms with Gasteiger partial charge in [-0.05, 0) is 64.9 Å². The monoisotopic (exact) mass is 455 g/mol. The van der Waals surface area contributed by atoms with E-state index < -0.39 is 0 Å². The standard InChI is InChI=1S/C11H13ClN2O.C11H13N5O/c12-2-1-3-15-11-5-9-7-14-6-8(9)4-10(11)13;12-10-4-8-6-14-7-9(8)5-11(10)17-3-1-2-15-16-13/h4-6H,1-3,7,13H2;4-6H,1-3,7,12H2. The fourth-order valence-corrected chi connectivity index (χ4v) is 3.27. The number of fused-ring (bicyclic) bond motifs is 2. The van der Waals surface area contributed by atoms with Gasteiger partial charge in [-0.25, -0.2) is 0 Å². The molecular formula is C22H26ClN7O2. The Morgan fingerprint density at radius 2 is 1.44 bits per heavy atom. The molecule has 0 atom stereocenters. The second-order valence-electron chi connectivity index (χ2n) is 7.16. The normalized spacial score (nSPS) is 12.4. The molecule has 0 amide bonds. The van der Waals surface area contributed by atoms with Crippen LogP contribution in [0, 0.1) is 0 Å². The summed E-state index contributed by atoms with van der Waals surface area (Å²) in [4.78, 5) is 11.0. The summed E-state index contributed by atoms with van der Waals surface area (Å²) in [6.07, 6.45) is 5.16. The first kappa shape index (κ1) is 23.2. The van der Waals surface area contributed by atoms with E-state index in [1.54, 1.807) is 0 Å². The topological polar surface area (TPSA) is 144 Å². The van der Waals surface area contributed by atoms with Gasteiger partial charge in [-0.3, -0.25) is 9.98 Å². The molecule has 2 aliphatic rings. The largest absolute Gasteiger partial charge is 0.491 e. The van der Waals surface area contributed by atoms with Crippen LogP contribution in [-0.4, -0.2) is 38.1 Å². The second kappa shape index (κ2) is 11.8. The number of hydrogen-bond donors (Lipinski definition) is 2. The Morgan fingerprint density at radius 1 is 0.906 bits per heavy atom. The van der Waals surface area contributed by atoms with Crippen molar-refractivity contribution in [3.63, 3.8) is 0 Å². The molecule has 32 heavy (non-hydrogen) atoms. The lowest BCUT2D eigenvalue weighted by molar-refractivity contribution is 0.315. The zero-order chi connectivity index (χ0) is 22.8. The van der Waals surface area contributed by atoms with Crippen molar-refractivity contribution in [3.05, 3.63) is 57.0 Å². The molecule has 2 aromatic rings. The van der Waals surface area contributed by atoms with Crippen LogP contribution in [0.3, 0.4) is 0 Å². The number of benzene rings is 2. The number of halogens is 1. The molecule has 0 unspecified atom stereocenters. The highest BCUT2D eigenvalue weighted by Gasteiger charge is 2.11. The van der Waals surface area contributed by atoms with Crippen LogP contribution in [0.4, 0.5) is 11.4 Å². The van der Waals surface area contributed by atoms with Gasteiger partial charge in [-0.1, -0.05) is 5.11 Å². The first-order chi connectivity index (χ1) is 15.6. The van der Waals surface area contributed by atoms with Crippen LogP contribution in [0.1, 0.15) is 35.1 Å². The number of azide groups is 1. The van der Waals surface area contributed by atoms with E-state index in [4.69, 9.17) is 38.1 Å². The average Bonchev–Trinajstić information content (AvgIpc) is 3.43. The average molecular weight is 456 g/mol. The highest BCUT2D eigenvalue weighted by molar-refractivity contribution is 6.17. The molecule has 2 aromatic carbocycles. The zero-order valence-electron chi connectivity index (χ0n) is 17.7. The summed E-state index contributed by atoms with van der Waals surface area (Å²) < 4.78 is 11.1. The quantitative estimate of drug-likeness (QED) is 0.143. The summed E-state index contributed by atoms with van der Waals surface area (Å²) in [6.45, 7) is 2.94. The van der Waals surface area contributed by atoms with Gasteiger partial charge in [0.1, 0.15) is 11.5 Å². The molecule has 0 radical (unpaired) electrons. The van der Waals surface area contributed by atoms with Crippen molar-refractivity contribution in [2.75, 3.05) is 37.1 Å². The Kier molecular flexibility index (Phi) is 8.60. The van der Waals surface area contributed by atoms with Gasteiger partial charge in [0.2, 0.25) is 0 Å². The number of nitrogens with two attached hydrogens (primary N) is 2. The number of hydrogen-bond acceptors (Lipinski definition) is 7. The Morgan fingerprint density at radius 3 is 1.94 bits per heavy atom. The van der Waals surface area contributed by atoms with Gasteiger partial charge in [0.25, 0.3) is 0 Å². The van der Waals surface area contributed by atoms with Crippen molar-refractivity contribution in [2.24, 2.45) is 15.1 Å². The fraction of sp³-hybridized carbons (Fsp3) is 0.364. The number of ether oxygens (including phenoxy) is 2. The van der Waals surface area contributed by atoms with Gasteiger partial charge in [-0.15, -0.1) is 11.6 Å². The van der Waals surface area contributed by atoms with Crippen molar-refractivity contribution in [2.45, 2.75) is 25.9 Å². The smallest absolute Gasteiger partial charge is 0.142 e. The molecule has 4 rings (SSSR count). The molecule has 0 aromatic heterocycles. The Balaban J connectivity index is 0.000000182. The van der Waals surface area contributed by atoms with Crippen molar-refractivity contribution >= 4 is 35.4 Å². The number of rotatable bonds is 9. The minimum atomic E-state index is 0.435. The van der Waals surface area contributed by atoms with Crippen molar-refractivity contribution in [1.29, 1.82) is 0 Å². The maximum Gasteiger partial charge on any atom is 0.142 e. The third kappa shape index (κ3) is 6.29. The van der Waals surface area contributed by atoms with Crippen molar-refractivity contribution in [3.8, 4) is 11.5 Å². The van der Waals surface area contributed by atoms with E-state index in [9.17, 15) is 0 Å². The highest BCUT2D eigenvalue weighted by Crippen LogP contribution is 2.29. The van der Waals surface area contributed by atoms with Crippen LogP contribution in [0.2, 0.25) is 0 Å². The maximum absolute atomic E-state index is 8.12. The first-order valence-corrected chi connectivity index (χ1v) is 10.8. The van der Waals surface area contributed by atoms with Crippen LogP contribution in [0.5, 0.6) is 11.5 Å². The van der Waals surface area contributed by atoms with E-state index >= 15 is 0 Å². The summed E-state index contributed by atoms with van der Waals surface area (Å²) >= 11 is 5.57. The molecule has 9 nitrogen and oxygen atoms in total. The zero-order valence-corrected chi connectivity index (χ0v) is 18.5. The summed E-state index contributed by atoms with van der Waals surface area (Å²) in [6, 6.07) is 7.66. The van der Waals surface area contributed by atoms with Gasteiger partial charge in [-0.2, -0.15) is 0 Å². The van der Waals surface area contributed by atoms with Gasteiger partial charge < -0.3 is 20.9 Å². The van der Waals surface area contributed by atoms with Crippen molar-refractivity contribution < 1.29 is 9.47 Å². The SMILES string of the molecule is Nc1cc2c(cc1OCCCCl)CN=C2.[N-]=[N+]=NCCCOc1cc2c(cc1N)C=NC2. The summed E-state index contributed by atoms with van der Waals surface area (Å²) in [5.74, 6) is 2.02. The molecule has 0 bridgehead atoms. The fourth-order valence-electron chi connectivity index (χ4n) is 3.16. The molecule has 0 spiro atoms. The van der Waals surface area contributed by atoms with Gasteiger partial charge >= 0.3 is 0 Å². The number of nitrogens with zero attached hydrogens (tertiary/aromatic N) is 5. The Bertz CT molecular complexity index is 1050. The van der Waals surface area contributed by atoms with E-state index in [0.29, 0.717) is 55.7 Å². The minimum absolute atomic E-state index is 0.435. The third-order valence-electron chi connectivity index (χ3n) is 4.79. The van der Waals surface area contributed by atoms with E-state index in [1.807, 2.05) is 36.7 Å². The van der Waals surface area contributed by atoms with Crippen LogP contribution in [-0.2, 0) is 13.1 Å². The second-order valence-corrected chi connectivity index (χ2v) is 7.54. The van der Waals surface area contributed by atoms with E-state index in [-0.39, 0.29) is 0 Å². The molecule has 2 aliphatic heterocycles. The summed E-state index contributed by atoms with van der Waals surface area (Å²) in [5, 5.41) is 3.43. The molecule has 0 aliphatic carbocycles. The molecule has 0 fully saturated rings. The molecule has 0 saturated heterocycles. The van der Waals surface area contributed by atoms with Gasteiger partial charge in [0.15, 0.2) is 0 Å². The van der Waals surface area contributed by atoms with Crippen LogP contribution in [0.25, 0.3) is 10.4 Å². The van der Waals surface area contributed by atoms with E-state index in [1.165, 1.54) is 5.56 Å². The summed E-state index contributed by atoms with van der Waals surface area (Å²) in [7, 11) is 0. The lowest BCUT2D eigenvalue weighted by Gasteiger charge is -2.10. The van der Waals surface area contributed by atoms with Crippen LogP contribution in [0.15, 0.2) is 39.4 Å². The number of alkyl halides is 1. The molecule has 10 heteroatoms. The van der Waals surface area contributed by atoms with E-state index in [0.717, 1.165) is 35.4 Å². The van der Waals surface area contributed by atoms with Crippen LogP contribution >= 0.6 is 11.6 Å². The van der Waals surface area contributed by atoms with E-state index in [2.05, 4.69) is 20.0 Å². The number of aliphatic imine (C=N–C) groups is 2. The number of nitrogen functional groups attached to an aromatic ring is 2. The predicted molar refractivity (Wildman–Crippen MR) is 129 cm³/mol. The lowest BCUT2D eigenvalue weighted by Crippen LogP contribution is -2.03. The summed E-state index contributed by atoms with van der Waals surface area (Å²) in [5.41, 5.74) is 25.6. The van der Waals surface area contributed by atoms with Crippen molar-refractivity contribution in [1.82, 2.24) is 0 Å². The highest BCUT2D eigenvalue weighted by atomic mass is 35.5. The molecule has 168 valence electrons. The van der Waals surface area contributed by atoms with Crippen LogP contribution < -0.4 is 20.9 Å². The molecule has 2 heterocycles.